The van der Waals surface area contributed by atoms with E-state index in [4.69, 9.17) is 9.47 Å². The molecule has 2 heterocycles. The van der Waals surface area contributed by atoms with Crippen LogP contribution >= 0.6 is 0 Å². The summed E-state index contributed by atoms with van der Waals surface area (Å²) >= 11 is 0. The van der Waals surface area contributed by atoms with Crippen molar-refractivity contribution in [1.82, 2.24) is 15.2 Å². The molecular weight excluding hydrogens is 682 g/mol. The molecule has 6 rings (SSSR count). The number of hydrogen-bond acceptors (Lipinski definition) is 9. The van der Waals surface area contributed by atoms with Crippen LogP contribution in [0.5, 0.6) is 11.5 Å². The van der Waals surface area contributed by atoms with Gasteiger partial charge in [-0.3, -0.25) is 9.69 Å². The Morgan fingerprint density at radius 1 is 0.870 bits per heavy atom. The smallest absolute Gasteiger partial charge is 0.347 e. The molecule has 5 aromatic rings. The molecular formula is C44H51N3O7. The predicted molar refractivity (Wildman–Crippen MR) is 209 cm³/mol. The maximum atomic E-state index is 13.8. The van der Waals surface area contributed by atoms with Crippen molar-refractivity contribution in [2.24, 2.45) is 5.92 Å². The highest BCUT2D eigenvalue weighted by Gasteiger charge is 2.42. The second kappa shape index (κ2) is 18.9. The number of ether oxygens (including phenoxy) is 2. The number of H-pyrrole nitrogens is 1. The highest BCUT2D eigenvalue weighted by atomic mass is 16.5. The summed E-state index contributed by atoms with van der Waals surface area (Å²) in [5.74, 6) is 0.0839. The number of rotatable bonds is 18. The number of aromatic hydroxyl groups is 1. The normalized spacial score (nSPS) is 15.4. The third-order valence-corrected chi connectivity index (χ3v) is 10.3. The van der Waals surface area contributed by atoms with Crippen LogP contribution in [0, 0.1) is 5.92 Å². The van der Waals surface area contributed by atoms with E-state index in [2.05, 4.69) is 39.5 Å². The summed E-state index contributed by atoms with van der Waals surface area (Å²) in [6.45, 7) is 4.61. The Morgan fingerprint density at radius 3 is 2.37 bits per heavy atom. The number of pyridine rings is 1. The summed E-state index contributed by atoms with van der Waals surface area (Å²) in [5, 5.41) is 36.8. The summed E-state index contributed by atoms with van der Waals surface area (Å²) in [6, 6.07) is 32.6. The number of esters is 1. The van der Waals surface area contributed by atoms with Crippen LogP contribution in [0.15, 0.2) is 114 Å². The fourth-order valence-corrected chi connectivity index (χ4v) is 7.14. The van der Waals surface area contributed by atoms with E-state index in [1.54, 1.807) is 54.6 Å². The fraction of sp³-hybridized carbons (Fsp3) is 0.364. The Labute approximate surface area is 316 Å². The number of carbonyl (C=O) groups is 1. The van der Waals surface area contributed by atoms with E-state index in [9.17, 15) is 24.9 Å². The van der Waals surface area contributed by atoms with Crippen molar-refractivity contribution in [2.75, 3.05) is 39.4 Å². The molecule has 1 saturated heterocycles. The number of unbranched alkanes of at least 4 members (excludes halogenated alkanes) is 3. The number of aromatic nitrogens is 1. The molecule has 4 aromatic carbocycles. The van der Waals surface area contributed by atoms with Crippen LogP contribution in [0.25, 0.3) is 10.9 Å². The largest absolute Gasteiger partial charge is 0.506 e. The standard InChI is InChI=1S/C44H51N3O7/c48-39-20-18-37(38-19-21-41(50)46-42(38)39)40(49)29-45-24-9-1-2-10-27-53-36-17-11-16-35(28-36)44(52,34-14-7-4-8-15-34)43(51)54-31-33-22-25-47(26-23-33)30-32-12-5-3-6-13-32/h3-8,11-21,28,33,40,45,48-49,52H,1-2,9-10,22-27,29-31H2,(H,46,50). The number of fused-ring (bicyclic) bond motifs is 1. The zero-order chi connectivity index (χ0) is 37.8. The summed E-state index contributed by atoms with van der Waals surface area (Å²) in [4.78, 5) is 30.5. The Morgan fingerprint density at radius 2 is 1.59 bits per heavy atom. The molecule has 0 spiro atoms. The van der Waals surface area contributed by atoms with E-state index in [1.165, 1.54) is 17.7 Å². The lowest BCUT2D eigenvalue weighted by atomic mass is 9.86. The van der Waals surface area contributed by atoms with Gasteiger partial charge in [-0.2, -0.15) is 0 Å². The monoisotopic (exact) mass is 733 g/mol. The van der Waals surface area contributed by atoms with Gasteiger partial charge in [-0.15, -0.1) is 0 Å². The van der Waals surface area contributed by atoms with Gasteiger partial charge < -0.3 is 35.1 Å². The second-order valence-electron chi connectivity index (χ2n) is 14.2. The number of aliphatic hydroxyl groups is 2. The van der Waals surface area contributed by atoms with Crippen LogP contribution in [0.1, 0.15) is 66.9 Å². The van der Waals surface area contributed by atoms with E-state index in [1.807, 2.05) is 18.2 Å². The minimum atomic E-state index is -1.98. The van der Waals surface area contributed by atoms with Crippen LogP contribution in [-0.2, 0) is 21.7 Å². The lowest BCUT2D eigenvalue weighted by Gasteiger charge is -2.33. The molecule has 2 unspecified atom stereocenters. The van der Waals surface area contributed by atoms with Gasteiger partial charge in [0.2, 0.25) is 11.2 Å². The fourth-order valence-electron chi connectivity index (χ4n) is 7.14. The Balaban J connectivity index is 0.937. The lowest BCUT2D eigenvalue weighted by molar-refractivity contribution is -0.164. The number of carbonyl (C=O) groups excluding carboxylic acids is 1. The Bertz CT molecular complexity index is 2000. The first kappa shape index (κ1) is 38.7. The van der Waals surface area contributed by atoms with Gasteiger partial charge in [0.15, 0.2) is 0 Å². The zero-order valence-electron chi connectivity index (χ0n) is 30.7. The number of aromatic amines is 1. The molecule has 0 saturated carbocycles. The van der Waals surface area contributed by atoms with Crippen LogP contribution < -0.4 is 15.6 Å². The molecule has 0 amide bonds. The third-order valence-electron chi connectivity index (χ3n) is 10.3. The SMILES string of the molecule is O=C(OCC1CCN(Cc2ccccc2)CC1)C(O)(c1ccccc1)c1cccc(OCCCCCCNCC(O)c2ccc(O)c3[nH]c(=O)ccc23)c1. The van der Waals surface area contributed by atoms with Crippen LogP contribution in [0.2, 0.25) is 0 Å². The maximum absolute atomic E-state index is 13.8. The van der Waals surface area contributed by atoms with Crippen molar-refractivity contribution in [3.8, 4) is 11.5 Å². The Hall–Kier alpha value is -5.00. The van der Waals surface area contributed by atoms with E-state index < -0.39 is 17.7 Å². The molecule has 1 aromatic heterocycles. The number of benzene rings is 4. The molecule has 5 N–H and O–H groups in total. The average molecular weight is 734 g/mol. The number of aliphatic hydroxyl groups excluding tert-OH is 1. The highest BCUT2D eigenvalue weighted by Crippen LogP contribution is 2.34. The lowest BCUT2D eigenvalue weighted by Crippen LogP contribution is -2.40. The summed E-state index contributed by atoms with van der Waals surface area (Å²) in [5.41, 5.74) is 0.796. The van der Waals surface area contributed by atoms with Crippen molar-refractivity contribution in [2.45, 2.75) is 56.8 Å². The molecule has 54 heavy (non-hydrogen) atoms. The first-order valence-corrected chi connectivity index (χ1v) is 19.0. The summed E-state index contributed by atoms with van der Waals surface area (Å²) < 4.78 is 11.9. The Kier molecular flexibility index (Phi) is 13.5. The summed E-state index contributed by atoms with van der Waals surface area (Å²) in [7, 11) is 0. The van der Waals surface area contributed by atoms with E-state index >= 15 is 0 Å². The average Bonchev–Trinajstić information content (AvgIpc) is 3.20. The maximum Gasteiger partial charge on any atom is 0.347 e. The number of nitrogens with one attached hydrogen (secondary N) is 2. The first-order valence-electron chi connectivity index (χ1n) is 19.0. The van der Waals surface area contributed by atoms with E-state index in [0.717, 1.165) is 64.7 Å². The minimum absolute atomic E-state index is 0.0334. The first-order chi connectivity index (χ1) is 26.3. The number of phenolic OH excluding ortho intramolecular Hbond substituents is 1. The van der Waals surface area contributed by atoms with Crippen molar-refractivity contribution < 1.29 is 29.6 Å². The number of hydrogen-bond donors (Lipinski definition) is 5. The molecule has 10 heteroatoms. The van der Waals surface area contributed by atoms with E-state index in [0.29, 0.717) is 46.5 Å². The molecule has 1 aliphatic heterocycles. The van der Waals surface area contributed by atoms with Gasteiger partial charge in [0.1, 0.15) is 11.5 Å². The van der Waals surface area contributed by atoms with Gasteiger partial charge in [0, 0.05) is 30.1 Å². The van der Waals surface area contributed by atoms with E-state index in [-0.39, 0.29) is 23.8 Å². The van der Waals surface area contributed by atoms with Crippen LogP contribution in [0.4, 0.5) is 0 Å². The molecule has 0 bridgehead atoms. The predicted octanol–water partition coefficient (Wildman–Crippen LogP) is 6.19. The van der Waals surface area contributed by atoms with Crippen molar-refractivity contribution in [3.05, 3.63) is 142 Å². The van der Waals surface area contributed by atoms with Gasteiger partial charge in [0.05, 0.1) is 24.8 Å². The number of nitrogens with zero attached hydrogens (tertiary/aromatic N) is 1. The quantitative estimate of drug-likeness (QED) is 0.0526. The molecule has 0 radical (unpaired) electrons. The molecule has 1 fully saturated rings. The molecule has 284 valence electrons. The van der Waals surface area contributed by atoms with Crippen molar-refractivity contribution in [3.63, 3.8) is 0 Å². The third kappa shape index (κ3) is 9.95. The van der Waals surface area contributed by atoms with Gasteiger partial charge in [-0.25, -0.2) is 4.79 Å². The molecule has 1 aliphatic rings. The van der Waals surface area contributed by atoms with Crippen LogP contribution in [-0.4, -0.2) is 70.6 Å². The number of phenols is 1. The van der Waals surface area contributed by atoms with Gasteiger partial charge >= 0.3 is 5.97 Å². The molecule has 0 aliphatic carbocycles. The van der Waals surface area contributed by atoms with Crippen LogP contribution in [0.3, 0.4) is 0 Å². The topological polar surface area (TPSA) is 144 Å². The summed E-state index contributed by atoms with van der Waals surface area (Å²) in [6.07, 6.45) is 4.74. The molecule has 2 atom stereocenters. The zero-order valence-corrected chi connectivity index (χ0v) is 30.7. The minimum Gasteiger partial charge on any atom is -0.506 e. The number of piperidine rings is 1. The van der Waals surface area contributed by atoms with Gasteiger partial charge in [-0.05, 0) is 92.2 Å². The number of likely N-dealkylation sites (tertiary alicyclic amines) is 1. The van der Waals surface area contributed by atoms with Crippen molar-refractivity contribution in [1.29, 1.82) is 0 Å². The van der Waals surface area contributed by atoms with Crippen molar-refractivity contribution >= 4 is 16.9 Å². The highest BCUT2D eigenvalue weighted by molar-refractivity contribution is 5.87. The van der Waals surface area contributed by atoms with Gasteiger partial charge in [0.25, 0.3) is 0 Å². The van der Waals surface area contributed by atoms with Gasteiger partial charge in [-0.1, -0.05) is 91.7 Å². The molecule has 10 nitrogen and oxygen atoms in total. The second-order valence-corrected chi connectivity index (χ2v) is 14.2.